The van der Waals surface area contributed by atoms with Gasteiger partial charge in [0.25, 0.3) is 0 Å². The number of rotatable bonds is 7. The number of sulfone groups is 1. The molecule has 0 aromatic carbocycles. The highest BCUT2D eigenvalue weighted by Gasteiger charge is 2.34. The van der Waals surface area contributed by atoms with Crippen LogP contribution in [0.15, 0.2) is 0 Å². The molecule has 0 atom stereocenters. The van der Waals surface area contributed by atoms with E-state index < -0.39 is 9.84 Å². The number of nitrogens with one attached hydrogen (secondary N) is 2. The third-order valence-corrected chi connectivity index (χ3v) is 7.48. The molecule has 0 spiro atoms. The Bertz CT molecular complexity index is 565. The molecular weight excluding hydrogens is 328 g/mol. The van der Waals surface area contributed by atoms with Crippen LogP contribution in [-0.4, -0.2) is 44.8 Å². The molecule has 1 heterocycles. The largest absolute Gasteiger partial charge is 0.356 e. The predicted octanol–water partition coefficient (Wildman–Crippen LogP) is 0.870. The van der Waals surface area contributed by atoms with Crippen LogP contribution in [0.3, 0.4) is 0 Å². The summed E-state index contributed by atoms with van der Waals surface area (Å²) in [6, 6.07) is 0. The van der Waals surface area contributed by atoms with Gasteiger partial charge >= 0.3 is 0 Å². The van der Waals surface area contributed by atoms with E-state index in [1.165, 1.54) is 0 Å². The second kappa shape index (κ2) is 7.42. The van der Waals surface area contributed by atoms with E-state index >= 15 is 0 Å². The molecule has 2 N–H and O–H groups in total. The van der Waals surface area contributed by atoms with E-state index in [0.29, 0.717) is 24.8 Å². The molecule has 2 amide bonds. The summed E-state index contributed by atoms with van der Waals surface area (Å²) in [6.07, 6.45) is 6.81. The number of carbonyl (C=O) groups excluding carboxylic acids is 2. The minimum atomic E-state index is -2.84. The Morgan fingerprint density at radius 3 is 1.83 bits per heavy atom. The first-order chi connectivity index (χ1) is 11.4. The molecule has 0 bridgehead atoms. The molecule has 3 aliphatic rings. The molecule has 136 valence electrons. The van der Waals surface area contributed by atoms with Gasteiger partial charge < -0.3 is 10.6 Å². The summed E-state index contributed by atoms with van der Waals surface area (Å²) in [7, 11) is -2.84. The van der Waals surface area contributed by atoms with Gasteiger partial charge in [-0.1, -0.05) is 0 Å². The molecule has 3 fully saturated rings. The minimum absolute atomic E-state index is 0.0146. The van der Waals surface area contributed by atoms with Crippen LogP contribution in [0.25, 0.3) is 0 Å². The summed E-state index contributed by atoms with van der Waals surface area (Å²) < 4.78 is 22.2. The first-order valence-corrected chi connectivity index (χ1v) is 11.0. The van der Waals surface area contributed by atoms with Crippen molar-refractivity contribution in [3.05, 3.63) is 0 Å². The Hall–Kier alpha value is -1.11. The monoisotopic (exact) mass is 356 g/mol. The molecule has 3 rings (SSSR count). The number of amides is 2. The maximum absolute atomic E-state index is 11.9. The lowest BCUT2D eigenvalue weighted by molar-refractivity contribution is -0.123. The second-order valence-corrected chi connectivity index (χ2v) is 10.0. The molecule has 1 saturated heterocycles. The zero-order valence-electron chi connectivity index (χ0n) is 14.1. The van der Waals surface area contributed by atoms with E-state index in [2.05, 4.69) is 10.6 Å². The van der Waals surface area contributed by atoms with E-state index in [1.807, 2.05) is 0 Å². The highest BCUT2D eigenvalue weighted by atomic mass is 32.2. The average Bonchev–Trinajstić information content (AvgIpc) is 3.34. The van der Waals surface area contributed by atoms with Crippen LogP contribution in [0.1, 0.15) is 44.9 Å². The Morgan fingerprint density at radius 1 is 0.792 bits per heavy atom. The maximum atomic E-state index is 11.9. The number of hydrogen-bond donors (Lipinski definition) is 2. The van der Waals surface area contributed by atoms with Crippen molar-refractivity contribution in [2.45, 2.75) is 44.9 Å². The smallest absolute Gasteiger partial charge is 0.223 e. The van der Waals surface area contributed by atoms with Gasteiger partial charge in [0.15, 0.2) is 9.84 Å². The summed E-state index contributed by atoms with van der Waals surface area (Å²) in [5.74, 6) is 1.91. The fourth-order valence-corrected chi connectivity index (χ4v) is 5.33. The Labute approximate surface area is 144 Å². The zero-order chi connectivity index (χ0) is 17.2. The van der Waals surface area contributed by atoms with Crippen LogP contribution in [0.4, 0.5) is 0 Å². The van der Waals surface area contributed by atoms with Crippen molar-refractivity contribution in [1.82, 2.24) is 10.6 Å². The number of hydrogen-bond acceptors (Lipinski definition) is 4. The summed E-state index contributed by atoms with van der Waals surface area (Å²) in [4.78, 5) is 23.5. The standard InChI is InChI=1S/C17H28N2O4S/c20-16(7-14-10-24(22,23)11-14)18-8-12-1-3-13(4-2-12)9-19-17(21)15-5-6-15/h12-15H,1-11H2,(H,18,20)(H,19,21). The Kier molecular flexibility index (Phi) is 5.47. The van der Waals surface area contributed by atoms with Crippen molar-refractivity contribution < 1.29 is 18.0 Å². The van der Waals surface area contributed by atoms with Crippen LogP contribution < -0.4 is 10.6 Å². The van der Waals surface area contributed by atoms with Crippen LogP contribution in [0, 0.1) is 23.7 Å². The predicted molar refractivity (Wildman–Crippen MR) is 91.0 cm³/mol. The lowest BCUT2D eigenvalue weighted by Crippen LogP contribution is -2.41. The molecule has 2 saturated carbocycles. The first kappa shape index (κ1) is 17.7. The average molecular weight is 356 g/mol. The van der Waals surface area contributed by atoms with Crippen LogP contribution in [0.5, 0.6) is 0 Å². The summed E-state index contributed by atoms with van der Waals surface area (Å²) in [6.45, 7) is 1.49. The van der Waals surface area contributed by atoms with E-state index in [1.54, 1.807) is 0 Å². The molecule has 1 aliphatic heterocycles. The molecule has 0 aromatic rings. The first-order valence-electron chi connectivity index (χ1n) is 9.16. The van der Waals surface area contributed by atoms with Crippen molar-refractivity contribution >= 4 is 21.7 Å². The highest BCUT2D eigenvalue weighted by molar-refractivity contribution is 7.92. The van der Waals surface area contributed by atoms with E-state index in [4.69, 9.17) is 0 Å². The normalized spacial score (nSPS) is 29.5. The van der Waals surface area contributed by atoms with Crippen LogP contribution >= 0.6 is 0 Å². The maximum Gasteiger partial charge on any atom is 0.223 e. The molecule has 0 aromatic heterocycles. The van der Waals surface area contributed by atoms with Gasteiger partial charge in [0.1, 0.15) is 0 Å². The van der Waals surface area contributed by atoms with Crippen molar-refractivity contribution in [3.63, 3.8) is 0 Å². The van der Waals surface area contributed by atoms with Crippen molar-refractivity contribution in [1.29, 1.82) is 0 Å². The second-order valence-electron chi connectivity index (χ2n) is 7.86. The van der Waals surface area contributed by atoms with E-state index in [9.17, 15) is 18.0 Å². The van der Waals surface area contributed by atoms with Crippen LogP contribution in [-0.2, 0) is 19.4 Å². The van der Waals surface area contributed by atoms with Gasteiger partial charge in [0.05, 0.1) is 11.5 Å². The van der Waals surface area contributed by atoms with Gasteiger partial charge in [-0.25, -0.2) is 8.42 Å². The van der Waals surface area contributed by atoms with Gasteiger partial charge in [0.2, 0.25) is 11.8 Å². The van der Waals surface area contributed by atoms with Gasteiger partial charge in [-0.05, 0) is 56.3 Å². The third-order valence-electron chi connectivity index (χ3n) is 5.52. The van der Waals surface area contributed by atoms with Gasteiger partial charge in [-0.2, -0.15) is 0 Å². The topological polar surface area (TPSA) is 92.3 Å². The van der Waals surface area contributed by atoms with Crippen LogP contribution in [0.2, 0.25) is 0 Å². The molecule has 2 aliphatic carbocycles. The summed E-state index contributed by atoms with van der Waals surface area (Å²) >= 11 is 0. The molecule has 0 radical (unpaired) electrons. The number of carbonyl (C=O) groups is 2. The van der Waals surface area contributed by atoms with Crippen molar-refractivity contribution in [3.8, 4) is 0 Å². The lowest BCUT2D eigenvalue weighted by Gasteiger charge is -2.29. The third kappa shape index (κ3) is 5.19. The Morgan fingerprint density at radius 2 is 1.33 bits per heavy atom. The van der Waals surface area contributed by atoms with Gasteiger partial charge in [0, 0.05) is 25.4 Å². The molecule has 7 heteroatoms. The van der Waals surface area contributed by atoms with Crippen molar-refractivity contribution in [2.75, 3.05) is 24.6 Å². The fourth-order valence-electron chi connectivity index (χ4n) is 3.75. The van der Waals surface area contributed by atoms with E-state index in [-0.39, 0.29) is 35.2 Å². The van der Waals surface area contributed by atoms with Crippen molar-refractivity contribution in [2.24, 2.45) is 23.7 Å². The molecule has 24 heavy (non-hydrogen) atoms. The lowest BCUT2D eigenvalue weighted by atomic mass is 9.82. The van der Waals surface area contributed by atoms with Gasteiger partial charge in [-0.3, -0.25) is 9.59 Å². The summed E-state index contributed by atoms with van der Waals surface area (Å²) in [5.41, 5.74) is 0. The van der Waals surface area contributed by atoms with E-state index in [0.717, 1.165) is 45.1 Å². The molecule has 6 nitrogen and oxygen atoms in total. The molecule has 0 unspecified atom stereocenters. The fraction of sp³-hybridized carbons (Fsp3) is 0.882. The van der Waals surface area contributed by atoms with Gasteiger partial charge in [-0.15, -0.1) is 0 Å². The zero-order valence-corrected chi connectivity index (χ0v) is 14.9. The Balaban J connectivity index is 1.25. The highest BCUT2D eigenvalue weighted by Crippen LogP contribution is 2.30. The minimum Gasteiger partial charge on any atom is -0.356 e. The quantitative estimate of drug-likeness (QED) is 0.708. The molecular formula is C17H28N2O4S. The summed E-state index contributed by atoms with van der Waals surface area (Å²) in [5, 5.41) is 6.03. The SMILES string of the molecule is O=C(CC1CS(=O)(=O)C1)NCC1CCC(CNC(=O)C2CC2)CC1.